The summed E-state index contributed by atoms with van der Waals surface area (Å²) in [6.45, 7) is 6.96. The van der Waals surface area contributed by atoms with E-state index in [9.17, 15) is 9.00 Å². The largest absolute Gasteiger partial charge is 0.444 e. The molecule has 2 aliphatic heterocycles. The van der Waals surface area contributed by atoms with Crippen molar-refractivity contribution in [2.24, 2.45) is 0 Å². The van der Waals surface area contributed by atoms with Gasteiger partial charge in [-0.25, -0.2) is 19.7 Å². The van der Waals surface area contributed by atoms with E-state index in [-0.39, 0.29) is 18.2 Å². The Balaban J connectivity index is 1.56. The van der Waals surface area contributed by atoms with Crippen molar-refractivity contribution in [3.63, 3.8) is 0 Å². The van der Waals surface area contributed by atoms with Gasteiger partial charge in [-0.05, 0) is 39.3 Å². The van der Waals surface area contributed by atoms with Crippen LogP contribution in [0.5, 0.6) is 0 Å². The standard InChI is InChI=1S/C18H23N5O3S/c1-18(2,3)26-17(24)23-9-11-7-12(23)8-22(11)14-6-5-13-15(21-14)16(27(4)25)20-10-19-13/h5-6,10-12H,7-9H2,1-4H3/t11-,12-,27?/m0/s1. The van der Waals surface area contributed by atoms with Crippen LogP contribution in [-0.2, 0) is 15.5 Å². The maximum absolute atomic E-state index is 12.4. The quantitative estimate of drug-likeness (QED) is 0.726. The summed E-state index contributed by atoms with van der Waals surface area (Å²) in [6, 6.07) is 4.13. The molecule has 27 heavy (non-hydrogen) atoms. The van der Waals surface area contributed by atoms with Crippen LogP contribution in [0.3, 0.4) is 0 Å². The summed E-state index contributed by atoms with van der Waals surface area (Å²) < 4.78 is 17.5. The predicted molar refractivity (Wildman–Crippen MR) is 102 cm³/mol. The highest BCUT2D eigenvalue weighted by molar-refractivity contribution is 7.84. The minimum atomic E-state index is -1.24. The van der Waals surface area contributed by atoms with Crippen molar-refractivity contribution in [1.29, 1.82) is 0 Å². The number of carbonyl (C=O) groups excluding carboxylic acids is 1. The van der Waals surface area contributed by atoms with E-state index in [1.807, 2.05) is 37.8 Å². The van der Waals surface area contributed by atoms with E-state index in [0.717, 1.165) is 12.2 Å². The maximum atomic E-state index is 12.4. The van der Waals surface area contributed by atoms with E-state index in [4.69, 9.17) is 9.72 Å². The summed E-state index contributed by atoms with van der Waals surface area (Å²) in [6.07, 6.45) is 3.65. The van der Waals surface area contributed by atoms with Crippen molar-refractivity contribution in [2.75, 3.05) is 24.2 Å². The van der Waals surface area contributed by atoms with Gasteiger partial charge in [0.25, 0.3) is 0 Å². The van der Waals surface area contributed by atoms with Crippen LogP contribution in [0.2, 0.25) is 0 Å². The lowest BCUT2D eigenvalue weighted by Gasteiger charge is -2.35. The number of aromatic nitrogens is 3. The molecule has 3 atom stereocenters. The highest BCUT2D eigenvalue weighted by Crippen LogP contribution is 2.35. The van der Waals surface area contributed by atoms with Gasteiger partial charge in [-0.1, -0.05) is 0 Å². The van der Waals surface area contributed by atoms with Gasteiger partial charge in [-0.3, -0.25) is 4.21 Å². The summed E-state index contributed by atoms with van der Waals surface area (Å²) in [5.41, 5.74) is 0.756. The van der Waals surface area contributed by atoms with Gasteiger partial charge in [0.05, 0.1) is 28.4 Å². The van der Waals surface area contributed by atoms with Crippen molar-refractivity contribution >= 4 is 33.7 Å². The second kappa shape index (κ2) is 6.40. The van der Waals surface area contributed by atoms with Crippen LogP contribution < -0.4 is 4.90 Å². The third-order valence-electron chi connectivity index (χ3n) is 4.87. The van der Waals surface area contributed by atoms with Gasteiger partial charge >= 0.3 is 6.09 Å². The number of rotatable bonds is 2. The summed E-state index contributed by atoms with van der Waals surface area (Å²) in [4.78, 5) is 29.5. The number of fused-ring (bicyclic) bond motifs is 3. The van der Waals surface area contributed by atoms with Gasteiger partial charge in [-0.15, -0.1) is 0 Å². The molecule has 0 saturated carbocycles. The zero-order valence-electron chi connectivity index (χ0n) is 15.9. The first-order valence-corrected chi connectivity index (χ1v) is 10.5. The second-order valence-corrected chi connectivity index (χ2v) is 9.29. The number of likely N-dealkylation sites (tertiary alicyclic amines) is 1. The van der Waals surface area contributed by atoms with Gasteiger partial charge in [0.2, 0.25) is 0 Å². The summed E-state index contributed by atoms with van der Waals surface area (Å²) >= 11 is 0. The van der Waals surface area contributed by atoms with Crippen molar-refractivity contribution in [1.82, 2.24) is 19.9 Å². The maximum Gasteiger partial charge on any atom is 0.410 e. The number of carbonyl (C=O) groups is 1. The number of hydrogen-bond acceptors (Lipinski definition) is 7. The molecule has 4 rings (SSSR count). The Morgan fingerprint density at radius 2 is 2.00 bits per heavy atom. The number of anilines is 1. The van der Waals surface area contributed by atoms with Crippen LogP contribution in [0.1, 0.15) is 27.2 Å². The van der Waals surface area contributed by atoms with Crippen molar-refractivity contribution in [3.8, 4) is 0 Å². The lowest BCUT2D eigenvalue weighted by Crippen LogP contribution is -2.50. The Bertz CT molecular complexity index is 929. The monoisotopic (exact) mass is 389 g/mol. The van der Waals surface area contributed by atoms with Crippen molar-refractivity contribution < 1.29 is 13.7 Å². The normalized spacial score (nSPS) is 23.1. The van der Waals surface area contributed by atoms with E-state index < -0.39 is 16.4 Å². The van der Waals surface area contributed by atoms with Crippen molar-refractivity contribution in [3.05, 3.63) is 18.5 Å². The molecule has 0 aliphatic carbocycles. The van der Waals surface area contributed by atoms with Gasteiger partial charge in [-0.2, -0.15) is 0 Å². The molecule has 0 spiro atoms. The zero-order valence-corrected chi connectivity index (χ0v) is 16.7. The zero-order chi connectivity index (χ0) is 19.3. The van der Waals surface area contributed by atoms with E-state index >= 15 is 0 Å². The Labute approximate surface area is 160 Å². The molecule has 1 unspecified atom stereocenters. The molecule has 0 N–H and O–H groups in total. The first kappa shape index (κ1) is 18.1. The third kappa shape index (κ3) is 3.36. The van der Waals surface area contributed by atoms with Gasteiger partial charge < -0.3 is 14.5 Å². The Morgan fingerprint density at radius 3 is 2.63 bits per heavy atom. The molecule has 0 radical (unpaired) electrons. The van der Waals surface area contributed by atoms with Crippen molar-refractivity contribution in [2.45, 2.75) is 49.9 Å². The predicted octanol–water partition coefficient (Wildman–Crippen LogP) is 1.96. The molecule has 2 bridgehead atoms. The molecule has 2 aliphatic rings. The van der Waals surface area contributed by atoms with Crippen LogP contribution >= 0.6 is 0 Å². The number of amides is 1. The molecule has 2 fully saturated rings. The molecule has 2 saturated heterocycles. The van der Waals surface area contributed by atoms with Crippen LogP contribution in [0.4, 0.5) is 10.6 Å². The smallest absolute Gasteiger partial charge is 0.410 e. The molecule has 144 valence electrons. The lowest BCUT2D eigenvalue weighted by atomic mass is 10.2. The summed E-state index contributed by atoms with van der Waals surface area (Å²) in [7, 11) is -1.24. The Hall–Kier alpha value is -2.29. The highest BCUT2D eigenvalue weighted by Gasteiger charge is 2.47. The van der Waals surface area contributed by atoms with Gasteiger partial charge in [0, 0.05) is 19.3 Å². The fraction of sp³-hybridized carbons (Fsp3) is 0.556. The number of hydrogen-bond donors (Lipinski definition) is 0. The molecule has 0 aromatic carbocycles. The molecular formula is C18H23N5O3S. The molecule has 1 amide bonds. The number of nitrogens with zero attached hydrogens (tertiary/aromatic N) is 5. The first-order valence-electron chi connectivity index (χ1n) is 8.94. The number of ether oxygens (including phenoxy) is 1. The Morgan fingerprint density at radius 1 is 1.22 bits per heavy atom. The minimum absolute atomic E-state index is 0.120. The minimum Gasteiger partial charge on any atom is -0.444 e. The molecule has 2 aromatic rings. The van der Waals surface area contributed by atoms with Crippen LogP contribution in [0.25, 0.3) is 11.0 Å². The average molecular weight is 389 g/mol. The fourth-order valence-electron chi connectivity index (χ4n) is 3.77. The number of pyridine rings is 1. The van der Waals surface area contributed by atoms with E-state index in [2.05, 4.69) is 14.9 Å². The lowest BCUT2D eigenvalue weighted by molar-refractivity contribution is 0.0214. The molecule has 2 aromatic heterocycles. The average Bonchev–Trinajstić information content (AvgIpc) is 3.19. The third-order valence-corrected chi connectivity index (χ3v) is 5.71. The first-order chi connectivity index (χ1) is 12.7. The second-order valence-electron chi connectivity index (χ2n) is 8.00. The van der Waals surface area contributed by atoms with Crippen LogP contribution in [-0.4, -0.2) is 67.2 Å². The van der Waals surface area contributed by atoms with Crippen LogP contribution in [0, 0.1) is 0 Å². The van der Waals surface area contributed by atoms with Crippen LogP contribution in [0.15, 0.2) is 23.5 Å². The topological polar surface area (TPSA) is 88.5 Å². The molecule has 9 heteroatoms. The summed E-state index contributed by atoms with van der Waals surface area (Å²) in [5.74, 6) is 0.806. The number of piperazine rings is 1. The molecular weight excluding hydrogens is 366 g/mol. The van der Waals surface area contributed by atoms with E-state index in [1.54, 1.807) is 6.26 Å². The summed E-state index contributed by atoms with van der Waals surface area (Å²) in [5, 5.41) is 0.446. The SMILES string of the molecule is CS(=O)c1ncnc2ccc(N3C[C@@H]4C[C@H]3CN4C(=O)OC(C)(C)C)nc12. The van der Waals surface area contributed by atoms with E-state index in [0.29, 0.717) is 29.1 Å². The van der Waals surface area contributed by atoms with E-state index in [1.165, 1.54) is 6.33 Å². The fourth-order valence-corrected chi connectivity index (χ4v) is 4.39. The van der Waals surface area contributed by atoms with Gasteiger partial charge in [0.15, 0.2) is 5.03 Å². The Kier molecular flexibility index (Phi) is 4.29. The van der Waals surface area contributed by atoms with Gasteiger partial charge in [0.1, 0.15) is 23.3 Å². The molecule has 4 heterocycles. The molecule has 8 nitrogen and oxygen atoms in total. The highest BCUT2D eigenvalue weighted by atomic mass is 32.2.